The minimum atomic E-state index is 0.389. The lowest BCUT2D eigenvalue weighted by atomic mass is 10.1. The van der Waals surface area contributed by atoms with Gasteiger partial charge in [-0.3, -0.25) is 0 Å². The van der Waals surface area contributed by atoms with Crippen LogP contribution in [0.4, 0.5) is 5.69 Å². The summed E-state index contributed by atoms with van der Waals surface area (Å²) in [6.45, 7) is 2.11. The molecule has 98 valence electrons. The van der Waals surface area contributed by atoms with E-state index in [0.29, 0.717) is 6.04 Å². The Bertz CT molecular complexity index is 624. The van der Waals surface area contributed by atoms with Gasteiger partial charge >= 0.3 is 0 Å². The lowest BCUT2D eigenvalue weighted by molar-refractivity contribution is 0.761. The summed E-state index contributed by atoms with van der Waals surface area (Å²) in [4.78, 5) is 0. The standard InChI is InChI=1S/C16H15BrClN/c1-10-2-5-13(18)9-16(10)19-15-7-3-11-8-12(17)4-6-14(11)15/h2,4-6,8-9,15,19H,3,7H2,1H3. The number of hydrogen-bond acceptors (Lipinski definition) is 1. The summed E-state index contributed by atoms with van der Waals surface area (Å²) in [7, 11) is 0. The summed E-state index contributed by atoms with van der Waals surface area (Å²) in [6, 6.07) is 12.9. The number of anilines is 1. The van der Waals surface area contributed by atoms with Crippen molar-refractivity contribution in [3.05, 3.63) is 62.6 Å². The molecule has 3 heteroatoms. The number of benzene rings is 2. The van der Waals surface area contributed by atoms with E-state index in [0.717, 1.165) is 28.0 Å². The highest BCUT2D eigenvalue weighted by Gasteiger charge is 2.22. The maximum atomic E-state index is 6.08. The van der Waals surface area contributed by atoms with Crippen molar-refractivity contribution in [2.24, 2.45) is 0 Å². The first kappa shape index (κ1) is 13.0. The van der Waals surface area contributed by atoms with Gasteiger partial charge in [-0.1, -0.05) is 39.7 Å². The van der Waals surface area contributed by atoms with Crippen LogP contribution in [0.1, 0.15) is 29.2 Å². The lowest BCUT2D eigenvalue weighted by Crippen LogP contribution is -2.08. The summed E-state index contributed by atoms with van der Waals surface area (Å²) in [6.07, 6.45) is 2.27. The second-order valence-electron chi connectivity index (χ2n) is 5.04. The summed E-state index contributed by atoms with van der Waals surface area (Å²) in [5, 5.41) is 4.41. The Morgan fingerprint density at radius 1 is 1.21 bits per heavy atom. The average Bonchev–Trinajstić information content (AvgIpc) is 2.76. The molecule has 0 aliphatic heterocycles. The van der Waals surface area contributed by atoms with Crippen molar-refractivity contribution >= 4 is 33.2 Å². The topological polar surface area (TPSA) is 12.0 Å². The van der Waals surface area contributed by atoms with E-state index < -0.39 is 0 Å². The van der Waals surface area contributed by atoms with Crippen LogP contribution in [0, 0.1) is 6.92 Å². The zero-order chi connectivity index (χ0) is 13.4. The summed E-state index contributed by atoms with van der Waals surface area (Å²) in [5.41, 5.74) is 5.21. The van der Waals surface area contributed by atoms with E-state index in [1.165, 1.54) is 16.7 Å². The molecule has 0 heterocycles. The first-order chi connectivity index (χ1) is 9.13. The normalized spacial score (nSPS) is 17.3. The third-order valence-electron chi connectivity index (χ3n) is 3.71. The highest BCUT2D eigenvalue weighted by molar-refractivity contribution is 9.10. The third kappa shape index (κ3) is 2.65. The number of hydrogen-bond donors (Lipinski definition) is 1. The Hall–Kier alpha value is -0.990. The average molecular weight is 337 g/mol. The highest BCUT2D eigenvalue weighted by Crippen LogP contribution is 2.36. The fraction of sp³-hybridized carbons (Fsp3) is 0.250. The molecule has 0 aromatic heterocycles. The summed E-state index contributed by atoms with van der Waals surface area (Å²) in [5.74, 6) is 0. The Kier molecular flexibility index (Phi) is 3.55. The molecule has 19 heavy (non-hydrogen) atoms. The van der Waals surface area contributed by atoms with Gasteiger partial charge in [-0.25, -0.2) is 0 Å². The molecule has 1 aliphatic rings. The molecule has 0 fully saturated rings. The SMILES string of the molecule is Cc1ccc(Cl)cc1NC1CCc2cc(Br)ccc21. The largest absolute Gasteiger partial charge is 0.378 e. The van der Waals surface area contributed by atoms with Gasteiger partial charge in [0.25, 0.3) is 0 Å². The van der Waals surface area contributed by atoms with Gasteiger partial charge in [0.1, 0.15) is 0 Å². The Morgan fingerprint density at radius 2 is 2.05 bits per heavy atom. The Balaban J connectivity index is 1.88. The van der Waals surface area contributed by atoms with Gasteiger partial charge in [-0.05, 0) is 60.7 Å². The van der Waals surface area contributed by atoms with E-state index in [1.807, 2.05) is 12.1 Å². The van der Waals surface area contributed by atoms with Crippen LogP contribution in [0.25, 0.3) is 0 Å². The lowest BCUT2D eigenvalue weighted by Gasteiger charge is -2.17. The zero-order valence-electron chi connectivity index (χ0n) is 10.7. The first-order valence-electron chi connectivity index (χ1n) is 6.44. The number of rotatable bonds is 2. The predicted molar refractivity (Wildman–Crippen MR) is 85.0 cm³/mol. The Morgan fingerprint density at radius 3 is 2.89 bits per heavy atom. The maximum absolute atomic E-state index is 6.08. The maximum Gasteiger partial charge on any atom is 0.0519 e. The quantitative estimate of drug-likeness (QED) is 0.762. The fourth-order valence-electron chi connectivity index (χ4n) is 2.67. The predicted octanol–water partition coefficient (Wildman–Crippen LogP) is 5.51. The summed E-state index contributed by atoms with van der Waals surface area (Å²) >= 11 is 9.61. The zero-order valence-corrected chi connectivity index (χ0v) is 13.1. The van der Waals surface area contributed by atoms with Crippen molar-refractivity contribution < 1.29 is 0 Å². The molecule has 3 rings (SSSR count). The van der Waals surface area contributed by atoms with Gasteiger partial charge in [0.15, 0.2) is 0 Å². The molecule has 0 bridgehead atoms. The van der Waals surface area contributed by atoms with Crippen LogP contribution in [-0.4, -0.2) is 0 Å². The van der Waals surface area contributed by atoms with Crippen LogP contribution in [0.15, 0.2) is 40.9 Å². The van der Waals surface area contributed by atoms with Crippen molar-refractivity contribution in [3.8, 4) is 0 Å². The smallest absolute Gasteiger partial charge is 0.0519 e. The third-order valence-corrected chi connectivity index (χ3v) is 4.44. The second kappa shape index (κ2) is 5.18. The molecule has 1 unspecified atom stereocenters. The molecule has 1 N–H and O–H groups in total. The van der Waals surface area contributed by atoms with Gasteiger partial charge < -0.3 is 5.32 Å². The monoisotopic (exact) mass is 335 g/mol. The molecule has 0 spiro atoms. The molecule has 1 nitrogen and oxygen atoms in total. The van der Waals surface area contributed by atoms with Crippen LogP contribution < -0.4 is 5.32 Å². The first-order valence-corrected chi connectivity index (χ1v) is 7.61. The highest BCUT2D eigenvalue weighted by atomic mass is 79.9. The van der Waals surface area contributed by atoms with Crippen LogP contribution in [0.5, 0.6) is 0 Å². The molecule has 1 aliphatic carbocycles. The number of halogens is 2. The van der Waals surface area contributed by atoms with E-state index >= 15 is 0 Å². The molecular formula is C16H15BrClN. The van der Waals surface area contributed by atoms with Gasteiger partial charge in [-0.15, -0.1) is 0 Å². The van der Waals surface area contributed by atoms with Crippen LogP contribution in [0.3, 0.4) is 0 Å². The van der Waals surface area contributed by atoms with Crippen LogP contribution in [0.2, 0.25) is 5.02 Å². The van der Waals surface area contributed by atoms with Gasteiger partial charge in [0.2, 0.25) is 0 Å². The Labute approximate surface area is 127 Å². The number of aryl methyl sites for hydroxylation is 2. The number of nitrogens with one attached hydrogen (secondary N) is 1. The second-order valence-corrected chi connectivity index (χ2v) is 6.39. The molecule has 2 aromatic carbocycles. The van der Waals surface area contributed by atoms with Crippen LogP contribution >= 0.6 is 27.5 Å². The number of fused-ring (bicyclic) bond motifs is 1. The molecule has 0 radical (unpaired) electrons. The van der Waals surface area contributed by atoms with Crippen molar-refractivity contribution in [2.45, 2.75) is 25.8 Å². The van der Waals surface area contributed by atoms with E-state index in [4.69, 9.17) is 11.6 Å². The van der Waals surface area contributed by atoms with Crippen molar-refractivity contribution in [1.82, 2.24) is 0 Å². The fourth-order valence-corrected chi connectivity index (χ4v) is 3.25. The van der Waals surface area contributed by atoms with E-state index in [-0.39, 0.29) is 0 Å². The van der Waals surface area contributed by atoms with Crippen molar-refractivity contribution in [3.63, 3.8) is 0 Å². The van der Waals surface area contributed by atoms with Crippen LogP contribution in [-0.2, 0) is 6.42 Å². The van der Waals surface area contributed by atoms with E-state index in [2.05, 4.69) is 52.4 Å². The minimum absolute atomic E-state index is 0.389. The van der Waals surface area contributed by atoms with Gasteiger partial charge in [0, 0.05) is 15.2 Å². The van der Waals surface area contributed by atoms with Crippen molar-refractivity contribution in [1.29, 1.82) is 0 Å². The molecule has 0 amide bonds. The molecule has 2 aromatic rings. The van der Waals surface area contributed by atoms with Gasteiger partial charge in [0.05, 0.1) is 6.04 Å². The molecule has 0 saturated carbocycles. The molecule has 0 saturated heterocycles. The molecular weight excluding hydrogens is 322 g/mol. The minimum Gasteiger partial charge on any atom is -0.378 e. The van der Waals surface area contributed by atoms with E-state index in [1.54, 1.807) is 0 Å². The van der Waals surface area contributed by atoms with E-state index in [9.17, 15) is 0 Å². The molecule has 1 atom stereocenters. The summed E-state index contributed by atoms with van der Waals surface area (Å²) < 4.78 is 1.16. The van der Waals surface area contributed by atoms with Crippen molar-refractivity contribution in [2.75, 3.05) is 5.32 Å². The van der Waals surface area contributed by atoms with Gasteiger partial charge in [-0.2, -0.15) is 0 Å².